The Morgan fingerprint density at radius 3 is 2.89 bits per heavy atom. The van der Waals surface area contributed by atoms with E-state index in [9.17, 15) is 4.79 Å². The monoisotopic (exact) mass is 381 g/mol. The Kier molecular flexibility index (Phi) is 6.32. The van der Waals surface area contributed by atoms with E-state index in [1.54, 1.807) is 11.3 Å². The fraction of sp³-hybridized carbons (Fsp3) is 0.400. The standard InChI is InChI=1S/C20H23N5OS/c1-3-4-9-20(23-24-20)10-8-19(26)22-17-7-5-6-16(11-17)12-25(2)13-18-14-27-15-21-18/h1,5-7,11,14-15H,4,8-10,12-13H2,2H3,(H,22,26). The number of nitrogens with zero attached hydrogens (tertiary/aromatic N) is 4. The van der Waals surface area contributed by atoms with Crippen molar-refractivity contribution >= 4 is 22.9 Å². The van der Waals surface area contributed by atoms with Gasteiger partial charge in [0.1, 0.15) is 0 Å². The van der Waals surface area contributed by atoms with Crippen LogP contribution in [0.15, 0.2) is 45.4 Å². The number of rotatable bonds is 10. The summed E-state index contributed by atoms with van der Waals surface area (Å²) in [7, 11) is 2.06. The number of hydrogen-bond acceptors (Lipinski definition) is 6. The molecule has 0 unspecified atom stereocenters. The smallest absolute Gasteiger partial charge is 0.224 e. The average Bonchev–Trinajstić information content (AvgIpc) is 3.24. The lowest BCUT2D eigenvalue weighted by Gasteiger charge is -2.16. The van der Waals surface area contributed by atoms with Gasteiger partial charge in [-0.05, 0) is 24.7 Å². The number of carbonyl (C=O) groups excluding carboxylic acids is 1. The molecule has 1 aliphatic rings. The summed E-state index contributed by atoms with van der Waals surface area (Å²) in [6, 6.07) is 7.93. The minimum absolute atomic E-state index is 0.0274. The maximum atomic E-state index is 12.3. The number of nitrogens with one attached hydrogen (secondary N) is 1. The molecule has 1 aromatic carbocycles. The fourth-order valence-electron chi connectivity index (χ4n) is 2.91. The van der Waals surface area contributed by atoms with E-state index >= 15 is 0 Å². The van der Waals surface area contributed by atoms with Gasteiger partial charge in [0.2, 0.25) is 5.91 Å². The summed E-state index contributed by atoms with van der Waals surface area (Å²) in [5, 5.41) is 13.2. The zero-order chi connectivity index (χ0) is 19.1. The molecule has 27 heavy (non-hydrogen) atoms. The van der Waals surface area contributed by atoms with E-state index in [1.165, 1.54) is 0 Å². The van der Waals surface area contributed by atoms with Crippen LogP contribution in [0.5, 0.6) is 0 Å². The van der Waals surface area contributed by atoms with Crippen molar-refractivity contribution in [2.24, 2.45) is 10.2 Å². The quantitative estimate of drug-likeness (QED) is 0.631. The average molecular weight is 382 g/mol. The molecule has 0 spiro atoms. The first-order valence-electron chi connectivity index (χ1n) is 8.90. The highest BCUT2D eigenvalue weighted by Gasteiger charge is 2.39. The van der Waals surface area contributed by atoms with Crippen LogP contribution >= 0.6 is 11.3 Å². The molecule has 2 aromatic rings. The van der Waals surface area contributed by atoms with Gasteiger partial charge in [-0.3, -0.25) is 9.69 Å². The molecule has 0 saturated heterocycles. The second kappa shape index (κ2) is 8.89. The summed E-state index contributed by atoms with van der Waals surface area (Å²) in [5.41, 5.74) is 4.45. The first kappa shape index (κ1) is 19.2. The highest BCUT2D eigenvalue weighted by Crippen LogP contribution is 2.37. The molecule has 1 N–H and O–H groups in total. The van der Waals surface area contributed by atoms with Gasteiger partial charge in [-0.25, -0.2) is 4.98 Å². The first-order valence-corrected chi connectivity index (χ1v) is 9.85. The van der Waals surface area contributed by atoms with E-state index in [1.807, 2.05) is 23.7 Å². The molecule has 1 aliphatic heterocycles. The van der Waals surface area contributed by atoms with Gasteiger partial charge in [0, 0.05) is 49.8 Å². The van der Waals surface area contributed by atoms with E-state index in [0.29, 0.717) is 19.3 Å². The third-order valence-electron chi connectivity index (χ3n) is 4.38. The fourth-order valence-corrected chi connectivity index (χ4v) is 3.46. The van der Waals surface area contributed by atoms with Crippen LogP contribution in [0.25, 0.3) is 0 Å². The second-order valence-electron chi connectivity index (χ2n) is 6.79. The number of carbonyl (C=O) groups is 1. The van der Waals surface area contributed by atoms with E-state index in [0.717, 1.165) is 36.5 Å². The Balaban J connectivity index is 1.47. The van der Waals surface area contributed by atoms with Crippen LogP contribution in [-0.4, -0.2) is 28.5 Å². The highest BCUT2D eigenvalue weighted by atomic mass is 32.1. The lowest BCUT2D eigenvalue weighted by molar-refractivity contribution is -0.116. The molecule has 0 aliphatic carbocycles. The zero-order valence-corrected chi connectivity index (χ0v) is 16.2. The number of amides is 1. The first-order chi connectivity index (χ1) is 13.1. The van der Waals surface area contributed by atoms with Gasteiger partial charge >= 0.3 is 0 Å². The van der Waals surface area contributed by atoms with Gasteiger partial charge in [-0.15, -0.1) is 23.7 Å². The Bertz CT molecular complexity index is 834. The van der Waals surface area contributed by atoms with Crippen molar-refractivity contribution in [2.45, 2.75) is 44.4 Å². The highest BCUT2D eigenvalue weighted by molar-refractivity contribution is 7.07. The van der Waals surface area contributed by atoms with Gasteiger partial charge in [-0.2, -0.15) is 10.2 Å². The largest absolute Gasteiger partial charge is 0.326 e. The van der Waals surface area contributed by atoms with Crippen LogP contribution in [-0.2, 0) is 17.9 Å². The normalized spacial score (nSPS) is 14.1. The molecule has 0 saturated carbocycles. The van der Waals surface area contributed by atoms with Crippen molar-refractivity contribution in [3.8, 4) is 12.3 Å². The number of aromatic nitrogens is 1. The topological polar surface area (TPSA) is 70.0 Å². The molecule has 1 amide bonds. The van der Waals surface area contributed by atoms with Crippen molar-refractivity contribution in [3.05, 3.63) is 46.4 Å². The number of anilines is 1. The van der Waals surface area contributed by atoms with E-state index in [4.69, 9.17) is 6.42 Å². The summed E-state index contributed by atoms with van der Waals surface area (Å²) in [4.78, 5) is 18.8. The van der Waals surface area contributed by atoms with Crippen LogP contribution < -0.4 is 5.32 Å². The maximum Gasteiger partial charge on any atom is 0.224 e. The molecule has 0 bridgehead atoms. The van der Waals surface area contributed by atoms with E-state index in [-0.39, 0.29) is 5.91 Å². The summed E-state index contributed by atoms with van der Waals surface area (Å²) in [6.07, 6.45) is 7.63. The Labute approximate surface area is 163 Å². The minimum atomic E-state index is -0.413. The third-order valence-corrected chi connectivity index (χ3v) is 5.02. The molecular formula is C20H23N5OS. The predicted molar refractivity (Wildman–Crippen MR) is 107 cm³/mol. The molecule has 140 valence electrons. The summed E-state index contributed by atoms with van der Waals surface area (Å²) in [5.74, 6) is 2.57. The van der Waals surface area contributed by atoms with Crippen LogP contribution in [0.3, 0.4) is 0 Å². The SMILES string of the molecule is C#CCCC1(CCC(=O)Nc2cccc(CN(C)Cc3cscn3)c2)N=N1. The molecule has 1 aromatic heterocycles. The number of thiazole rings is 1. The van der Waals surface area contributed by atoms with Crippen LogP contribution in [0.2, 0.25) is 0 Å². The van der Waals surface area contributed by atoms with Gasteiger partial charge < -0.3 is 5.32 Å². The zero-order valence-electron chi connectivity index (χ0n) is 15.4. The maximum absolute atomic E-state index is 12.3. The molecule has 0 atom stereocenters. The summed E-state index contributed by atoms with van der Waals surface area (Å²) in [6.45, 7) is 1.58. The number of benzene rings is 1. The van der Waals surface area contributed by atoms with Gasteiger partial charge in [0.25, 0.3) is 0 Å². The van der Waals surface area contributed by atoms with Crippen molar-refractivity contribution in [2.75, 3.05) is 12.4 Å². The third kappa shape index (κ3) is 5.98. The van der Waals surface area contributed by atoms with Gasteiger partial charge in [0.05, 0.1) is 11.2 Å². The van der Waals surface area contributed by atoms with E-state index in [2.05, 4.69) is 49.8 Å². The Morgan fingerprint density at radius 2 is 2.19 bits per heavy atom. The molecule has 2 heterocycles. The predicted octanol–water partition coefficient (Wildman–Crippen LogP) is 4.07. The lowest BCUT2D eigenvalue weighted by Crippen LogP contribution is -2.19. The van der Waals surface area contributed by atoms with Gasteiger partial charge in [0.15, 0.2) is 5.66 Å². The van der Waals surface area contributed by atoms with Crippen LogP contribution in [0.4, 0.5) is 5.69 Å². The van der Waals surface area contributed by atoms with Crippen molar-refractivity contribution in [3.63, 3.8) is 0 Å². The summed E-state index contributed by atoms with van der Waals surface area (Å²) < 4.78 is 0. The van der Waals surface area contributed by atoms with Gasteiger partial charge in [-0.1, -0.05) is 12.1 Å². The molecule has 0 radical (unpaired) electrons. The lowest BCUT2D eigenvalue weighted by atomic mass is 10.0. The number of terminal acetylenes is 1. The Morgan fingerprint density at radius 1 is 1.33 bits per heavy atom. The second-order valence-corrected chi connectivity index (χ2v) is 7.51. The molecule has 7 heteroatoms. The molecular weight excluding hydrogens is 358 g/mol. The van der Waals surface area contributed by atoms with Crippen LogP contribution in [0, 0.1) is 12.3 Å². The minimum Gasteiger partial charge on any atom is -0.326 e. The van der Waals surface area contributed by atoms with Crippen molar-refractivity contribution in [1.29, 1.82) is 0 Å². The summed E-state index contributed by atoms with van der Waals surface area (Å²) >= 11 is 1.60. The molecule has 6 nitrogen and oxygen atoms in total. The van der Waals surface area contributed by atoms with E-state index < -0.39 is 5.66 Å². The number of hydrogen-bond donors (Lipinski definition) is 1. The molecule has 3 rings (SSSR count). The molecule has 0 fully saturated rings. The Hall–Kier alpha value is -2.56. The van der Waals surface area contributed by atoms with Crippen molar-refractivity contribution in [1.82, 2.24) is 9.88 Å². The van der Waals surface area contributed by atoms with Crippen LogP contribution in [0.1, 0.15) is 36.9 Å². The van der Waals surface area contributed by atoms with Crippen molar-refractivity contribution < 1.29 is 4.79 Å².